The first-order chi connectivity index (χ1) is 17.2. The molecular weight excluding hydrogens is 480 g/mol. The monoisotopic (exact) mass is 506 g/mol. The minimum absolute atomic E-state index is 0.0106. The third kappa shape index (κ3) is 5.32. The number of benzene rings is 3. The first-order valence-electron chi connectivity index (χ1n) is 11.2. The topological polar surface area (TPSA) is 106 Å². The van der Waals surface area contributed by atoms with E-state index >= 15 is 0 Å². The van der Waals surface area contributed by atoms with Gasteiger partial charge in [-0.1, -0.05) is 24.3 Å². The highest BCUT2D eigenvalue weighted by atomic mass is 32.2. The number of hydrogen-bond acceptors (Lipinski definition) is 6. The van der Waals surface area contributed by atoms with Crippen molar-refractivity contribution >= 4 is 26.7 Å². The number of aromatic amines is 1. The number of sulfonamides is 1. The molecule has 1 aromatic heterocycles. The van der Waals surface area contributed by atoms with E-state index in [-0.39, 0.29) is 34.9 Å². The maximum Gasteiger partial charge on any atom is 0.252 e. The number of aromatic nitrogens is 1. The second-order valence-corrected chi connectivity index (χ2v) is 10.2. The van der Waals surface area contributed by atoms with Crippen LogP contribution in [0.2, 0.25) is 0 Å². The van der Waals surface area contributed by atoms with Gasteiger partial charge in [0.2, 0.25) is 10.0 Å². The van der Waals surface area contributed by atoms with E-state index < -0.39 is 15.6 Å². The number of Topliss-reactive ketones (excluding diaryl/α,β-unsaturated/α-hetero) is 1. The van der Waals surface area contributed by atoms with Crippen LogP contribution >= 0.6 is 0 Å². The molecule has 0 unspecified atom stereocenters. The van der Waals surface area contributed by atoms with Crippen LogP contribution in [0.15, 0.2) is 82.5 Å². The lowest BCUT2D eigenvalue weighted by atomic mass is 10.1. The molecule has 0 bridgehead atoms. The molecule has 0 saturated heterocycles. The number of fused-ring (bicyclic) bond motifs is 1. The molecule has 36 heavy (non-hydrogen) atoms. The summed E-state index contributed by atoms with van der Waals surface area (Å²) in [5, 5.41) is 0.741. The standard InChI is InChI=1S/C27H26N2O6S/c1-18(30)20-5-4-6-25(14-20)36(32,33)29(16-19-7-10-23(34-2)11-8-19)17-22-13-21-9-12-24(35-3)15-26(21)28-27(22)31/h4-15H,16-17H2,1-3H3,(H,28,31). The molecule has 1 heterocycles. The zero-order valence-corrected chi connectivity index (χ0v) is 21.0. The van der Waals surface area contributed by atoms with Crippen LogP contribution in [0.25, 0.3) is 10.9 Å². The van der Waals surface area contributed by atoms with Gasteiger partial charge in [0.15, 0.2) is 5.78 Å². The fourth-order valence-electron chi connectivity index (χ4n) is 3.84. The number of ether oxygens (including phenoxy) is 2. The van der Waals surface area contributed by atoms with E-state index in [2.05, 4.69) is 4.98 Å². The van der Waals surface area contributed by atoms with Crippen molar-refractivity contribution in [1.29, 1.82) is 0 Å². The Morgan fingerprint density at radius 2 is 1.58 bits per heavy atom. The quantitative estimate of drug-likeness (QED) is 0.342. The fraction of sp³-hybridized carbons (Fsp3) is 0.185. The molecule has 0 radical (unpaired) electrons. The minimum Gasteiger partial charge on any atom is -0.497 e. The van der Waals surface area contributed by atoms with Gasteiger partial charge in [0.25, 0.3) is 5.56 Å². The van der Waals surface area contributed by atoms with E-state index in [9.17, 15) is 18.0 Å². The average molecular weight is 507 g/mol. The van der Waals surface area contributed by atoms with Crippen LogP contribution in [0.4, 0.5) is 0 Å². The summed E-state index contributed by atoms with van der Waals surface area (Å²) in [7, 11) is -0.983. The largest absolute Gasteiger partial charge is 0.497 e. The highest BCUT2D eigenvalue weighted by Gasteiger charge is 2.27. The Morgan fingerprint density at radius 1 is 0.889 bits per heavy atom. The Kier molecular flexibility index (Phi) is 7.23. The number of nitrogens with one attached hydrogen (secondary N) is 1. The van der Waals surface area contributed by atoms with Gasteiger partial charge in [0.05, 0.1) is 24.6 Å². The molecule has 1 N–H and O–H groups in total. The van der Waals surface area contributed by atoms with Gasteiger partial charge in [-0.25, -0.2) is 8.42 Å². The number of hydrogen-bond donors (Lipinski definition) is 1. The molecule has 0 aliphatic heterocycles. The fourth-order valence-corrected chi connectivity index (χ4v) is 5.30. The Labute approximate surface area is 209 Å². The maximum absolute atomic E-state index is 13.8. The number of nitrogens with zero attached hydrogens (tertiary/aromatic N) is 1. The van der Waals surface area contributed by atoms with Crippen molar-refractivity contribution in [3.05, 3.63) is 99.8 Å². The van der Waals surface area contributed by atoms with Gasteiger partial charge in [-0.3, -0.25) is 9.59 Å². The Bertz CT molecular complexity index is 1580. The normalized spacial score (nSPS) is 11.6. The van der Waals surface area contributed by atoms with E-state index in [4.69, 9.17) is 9.47 Å². The lowest BCUT2D eigenvalue weighted by Gasteiger charge is -2.23. The number of rotatable bonds is 9. The summed E-state index contributed by atoms with van der Waals surface area (Å²) in [6.07, 6.45) is 0. The van der Waals surface area contributed by atoms with Gasteiger partial charge in [0.1, 0.15) is 11.5 Å². The van der Waals surface area contributed by atoms with E-state index in [1.165, 1.54) is 36.5 Å². The van der Waals surface area contributed by atoms with Crippen molar-refractivity contribution in [2.75, 3.05) is 14.2 Å². The van der Waals surface area contributed by atoms with Crippen LogP contribution in [0.1, 0.15) is 28.4 Å². The average Bonchev–Trinajstić information content (AvgIpc) is 2.88. The molecule has 9 heteroatoms. The van der Waals surface area contributed by atoms with Gasteiger partial charge < -0.3 is 14.5 Å². The van der Waals surface area contributed by atoms with Crippen LogP contribution in [0.5, 0.6) is 11.5 Å². The van der Waals surface area contributed by atoms with Gasteiger partial charge >= 0.3 is 0 Å². The van der Waals surface area contributed by atoms with Crippen molar-refractivity contribution in [3.63, 3.8) is 0 Å². The molecule has 0 atom stereocenters. The Balaban J connectivity index is 1.77. The highest BCUT2D eigenvalue weighted by Crippen LogP contribution is 2.24. The molecule has 0 aliphatic rings. The highest BCUT2D eigenvalue weighted by molar-refractivity contribution is 7.89. The number of pyridine rings is 1. The molecule has 0 aliphatic carbocycles. The summed E-state index contributed by atoms with van der Waals surface area (Å²) in [4.78, 5) is 27.6. The molecule has 0 saturated carbocycles. The van der Waals surface area contributed by atoms with Crippen LogP contribution in [0.3, 0.4) is 0 Å². The van der Waals surface area contributed by atoms with Gasteiger partial charge in [0, 0.05) is 30.3 Å². The first kappa shape index (κ1) is 25.2. The van der Waals surface area contributed by atoms with E-state index in [0.717, 1.165) is 5.39 Å². The Hall–Kier alpha value is -3.95. The zero-order valence-electron chi connectivity index (χ0n) is 20.1. The van der Waals surface area contributed by atoms with Crippen LogP contribution in [-0.2, 0) is 23.1 Å². The molecule has 3 aromatic carbocycles. The summed E-state index contributed by atoms with van der Waals surface area (Å²) < 4.78 is 39.2. The summed E-state index contributed by atoms with van der Waals surface area (Å²) in [5.74, 6) is 0.999. The van der Waals surface area contributed by atoms with Crippen LogP contribution in [0, 0.1) is 0 Å². The summed E-state index contributed by atoms with van der Waals surface area (Å²) in [6, 6.07) is 19.9. The van der Waals surface area contributed by atoms with Gasteiger partial charge in [-0.15, -0.1) is 0 Å². The third-order valence-electron chi connectivity index (χ3n) is 5.87. The summed E-state index contributed by atoms with van der Waals surface area (Å²) in [5.41, 5.74) is 1.47. The number of carbonyl (C=O) groups is 1. The lowest BCUT2D eigenvalue weighted by molar-refractivity contribution is 0.101. The lowest BCUT2D eigenvalue weighted by Crippen LogP contribution is -2.32. The molecule has 0 amide bonds. The third-order valence-corrected chi connectivity index (χ3v) is 7.66. The minimum atomic E-state index is -4.07. The predicted molar refractivity (Wildman–Crippen MR) is 137 cm³/mol. The molecular formula is C27H26N2O6S. The maximum atomic E-state index is 13.8. The van der Waals surface area contributed by atoms with E-state index in [0.29, 0.717) is 22.6 Å². The molecule has 0 fully saturated rings. The SMILES string of the molecule is COc1ccc(CN(Cc2cc3ccc(OC)cc3[nH]c2=O)S(=O)(=O)c2cccc(C(C)=O)c2)cc1. The molecule has 186 valence electrons. The molecule has 4 aromatic rings. The molecule has 8 nitrogen and oxygen atoms in total. The van der Waals surface area contributed by atoms with Crippen molar-refractivity contribution in [2.45, 2.75) is 24.9 Å². The first-order valence-corrected chi connectivity index (χ1v) is 12.6. The predicted octanol–water partition coefficient (Wildman–Crippen LogP) is 4.14. The second kappa shape index (κ2) is 10.3. The number of carbonyl (C=O) groups excluding carboxylic acids is 1. The Morgan fingerprint density at radius 3 is 2.25 bits per heavy atom. The zero-order chi connectivity index (χ0) is 25.9. The van der Waals surface area contributed by atoms with Crippen molar-refractivity contribution in [2.24, 2.45) is 0 Å². The van der Waals surface area contributed by atoms with Gasteiger partial charge in [-0.05, 0) is 60.3 Å². The summed E-state index contributed by atoms with van der Waals surface area (Å²) >= 11 is 0. The van der Waals surface area contributed by atoms with Crippen LogP contribution < -0.4 is 15.0 Å². The molecule has 4 rings (SSSR count). The van der Waals surface area contributed by atoms with E-state index in [1.54, 1.807) is 61.7 Å². The number of methoxy groups -OCH3 is 2. The van der Waals surface area contributed by atoms with Gasteiger partial charge in [-0.2, -0.15) is 4.31 Å². The van der Waals surface area contributed by atoms with Crippen LogP contribution in [-0.4, -0.2) is 37.7 Å². The van der Waals surface area contributed by atoms with Crippen molar-refractivity contribution in [1.82, 2.24) is 9.29 Å². The van der Waals surface area contributed by atoms with Crippen molar-refractivity contribution < 1.29 is 22.7 Å². The second-order valence-electron chi connectivity index (χ2n) is 8.28. The number of ketones is 1. The smallest absolute Gasteiger partial charge is 0.252 e. The number of H-pyrrole nitrogens is 1. The van der Waals surface area contributed by atoms with Crippen molar-refractivity contribution in [3.8, 4) is 11.5 Å². The molecule has 0 spiro atoms. The summed E-state index contributed by atoms with van der Waals surface area (Å²) in [6.45, 7) is 1.22. The van der Waals surface area contributed by atoms with E-state index in [1.807, 2.05) is 0 Å².